The van der Waals surface area contributed by atoms with Gasteiger partial charge in [-0.25, -0.2) is 4.99 Å². The van der Waals surface area contributed by atoms with Gasteiger partial charge in [-0.15, -0.1) is 0 Å². The molecule has 0 unspecified atom stereocenters. The lowest BCUT2D eigenvalue weighted by atomic mass is 9.92. The van der Waals surface area contributed by atoms with Crippen LogP contribution in [-0.4, -0.2) is 28.9 Å². The van der Waals surface area contributed by atoms with E-state index in [0.717, 1.165) is 0 Å². The first kappa shape index (κ1) is 16.1. The highest BCUT2D eigenvalue weighted by molar-refractivity contribution is 6.30. The second-order valence-electron chi connectivity index (χ2n) is 4.59. The zero-order valence-electron chi connectivity index (χ0n) is 10.1. The van der Waals surface area contributed by atoms with Crippen LogP contribution < -0.4 is 0 Å². The van der Waals surface area contributed by atoms with Crippen LogP contribution in [0.15, 0.2) is 29.3 Å². The molecule has 0 fully saturated rings. The second-order valence-corrected chi connectivity index (χ2v) is 5.02. The van der Waals surface area contributed by atoms with Gasteiger partial charge in [0, 0.05) is 17.2 Å². The minimum atomic E-state index is -5.53. The average molecular weight is 332 g/mol. The van der Waals surface area contributed by atoms with Gasteiger partial charge in [0.05, 0.1) is 0 Å². The molecule has 1 aromatic rings. The van der Waals surface area contributed by atoms with E-state index in [1.165, 1.54) is 24.3 Å². The fraction of sp³-hybridized carbons (Fsp3) is 0.417. The van der Waals surface area contributed by atoms with Crippen molar-refractivity contribution in [3.05, 3.63) is 34.9 Å². The monoisotopic (exact) mass is 331 g/mol. The van der Waals surface area contributed by atoms with Crippen LogP contribution in [0.2, 0.25) is 5.02 Å². The van der Waals surface area contributed by atoms with E-state index in [0.29, 0.717) is 0 Å². The highest BCUT2D eigenvalue weighted by Gasteiger charge is 2.69. The van der Waals surface area contributed by atoms with Gasteiger partial charge in [-0.2, -0.15) is 26.3 Å². The summed E-state index contributed by atoms with van der Waals surface area (Å²) in [6.45, 7) is 0. The summed E-state index contributed by atoms with van der Waals surface area (Å²) in [6.07, 6.45) is -11.8. The molecule has 0 spiro atoms. The largest absolute Gasteiger partial charge is 0.438 e. The van der Waals surface area contributed by atoms with Crippen molar-refractivity contribution >= 4 is 17.3 Å². The molecule has 0 amide bonds. The molecule has 0 radical (unpaired) electrons. The zero-order valence-corrected chi connectivity index (χ0v) is 10.9. The van der Waals surface area contributed by atoms with E-state index in [1.807, 2.05) is 0 Å². The Kier molecular flexibility index (Phi) is 3.74. The SMILES string of the molecule is O[C@]1(C(F)(F)F)N=C(c2ccc(Cl)cc2)C[C@@H]1C(F)(F)F. The van der Waals surface area contributed by atoms with Crippen molar-refractivity contribution in [3.63, 3.8) is 0 Å². The average Bonchev–Trinajstić information content (AvgIpc) is 2.69. The predicted octanol–water partition coefficient (Wildman–Crippen LogP) is 3.96. The maximum absolute atomic E-state index is 12.8. The zero-order chi connectivity index (χ0) is 16.1. The first-order valence-corrected chi connectivity index (χ1v) is 6.03. The molecule has 0 aliphatic carbocycles. The number of nitrogens with zero attached hydrogens (tertiary/aromatic N) is 1. The van der Waals surface area contributed by atoms with Crippen molar-refractivity contribution in [2.24, 2.45) is 10.9 Å². The number of benzene rings is 1. The van der Waals surface area contributed by atoms with Gasteiger partial charge < -0.3 is 5.11 Å². The van der Waals surface area contributed by atoms with Crippen molar-refractivity contribution in [1.29, 1.82) is 0 Å². The van der Waals surface area contributed by atoms with Crippen LogP contribution in [-0.2, 0) is 0 Å². The van der Waals surface area contributed by atoms with Crippen LogP contribution in [0.25, 0.3) is 0 Å². The molecule has 1 heterocycles. The summed E-state index contributed by atoms with van der Waals surface area (Å²) in [5, 5.41) is 9.72. The molecule has 2 nitrogen and oxygen atoms in total. The highest BCUT2D eigenvalue weighted by Crippen LogP contribution is 2.50. The van der Waals surface area contributed by atoms with Gasteiger partial charge in [-0.05, 0) is 17.7 Å². The fourth-order valence-corrected chi connectivity index (χ4v) is 2.22. The molecule has 0 saturated heterocycles. The normalized spacial score (nSPS) is 26.9. The highest BCUT2D eigenvalue weighted by atomic mass is 35.5. The maximum atomic E-state index is 12.8. The summed E-state index contributed by atoms with van der Waals surface area (Å²) in [4.78, 5) is 2.92. The van der Waals surface area contributed by atoms with Crippen LogP contribution in [0, 0.1) is 5.92 Å². The third-order valence-electron chi connectivity index (χ3n) is 3.18. The third-order valence-corrected chi connectivity index (χ3v) is 3.43. The number of hydrogen-bond donors (Lipinski definition) is 1. The smallest absolute Gasteiger partial charge is 0.362 e. The van der Waals surface area contributed by atoms with E-state index in [9.17, 15) is 31.4 Å². The Morgan fingerprint density at radius 3 is 2.00 bits per heavy atom. The molecule has 1 N–H and O–H groups in total. The molecule has 116 valence electrons. The lowest BCUT2D eigenvalue weighted by Crippen LogP contribution is -2.52. The first-order valence-electron chi connectivity index (χ1n) is 5.65. The molecule has 1 aliphatic heterocycles. The molecule has 9 heteroatoms. The summed E-state index contributed by atoms with van der Waals surface area (Å²) in [7, 11) is 0. The minimum Gasteiger partial charge on any atom is -0.362 e. The standard InChI is InChI=1S/C12H8ClF6NO/c13-7-3-1-6(2-4-7)8-5-9(11(14,15)16)10(21,20-8)12(17,18)19/h1-4,9,21H,5H2/t9-,10+/m0/s1. The first-order chi connectivity index (χ1) is 9.45. The summed E-state index contributed by atoms with van der Waals surface area (Å²) < 4.78 is 76.8. The van der Waals surface area contributed by atoms with E-state index in [2.05, 4.69) is 4.99 Å². The van der Waals surface area contributed by atoms with E-state index in [4.69, 9.17) is 11.6 Å². The molecular weight excluding hydrogens is 324 g/mol. The van der Waals surface area contributed by atoms with Crippen LogP contribution in [0.3, 0.4) is 0 Å². The van der Waals surface area contributed by atoms with Crippen LogP contribution in [0.1, 0.15) is 12.0 Å². The van der Waals surface area contributed by atoms with Crippen LogP contribution in [0.5, 0.6) is 0 Å². The van der Waals surface area contributed by atoms with Crippen LogP contribution >= 0.6 is 11.6 Å². The van der Waals surface area contributed by atoms with Crippen molar-refractivity contribution < 1.29 is 31.4 Å². The minimum absolute atomic E-state index is 0.0498. The van der Waals surface area contributed by atoms with Gasteiger partial charge in [0.2, 0.25) is 0 Å². The van der Waals surface area contributed by atoms with E-state index >= 15 is 0 Å². The molecule has 0 saturated carbocycles. The summed E-state index contributed by atoms with van der Waals surface area (Å²) in [5.74, 6) is -3.03. The lowest BCUT2D eigenvalue weighted by molar-refractivity contribution is -0.316. The Bertz CT molecular complexity index is 565. The number of alkyl halides is 6. The van der Waals surface area contributed by atoms with E-state index in [1.54, 1.807) is 0 Å². The van der Waals surface area contributed by atoms with Gasteiger partial charge in [0.15, 0.2) is 0 Å². The van der Waals surface area contributed by atoms with Gasteiger partial charge in [-0.3, -0.25) is 0 Å². The number of hydrogen-bond acceptors (Lipinski definition) is 2. The third kappa shape index (κ3) is 2.87. The van der Waals surface area contributed by atoms with Crippen LogP contribution in [0.4, 0.5) is 26.3 Å². The van der Waals surface area contributed by atoms with E-state index in [-0.39, 0.29) is 10.6 Å². The molecule has 2 rings (SSSR count). The Morgan fingerprint density at radius 1 is 1.10 bits per heavy atom. The fourth-order valence-electron chi connectivity index (χ4n) is 2.09. The molecule has 2 atom stereocenters. The molecule has 1 aliphatic rings. The topological polar surface area (TPSA) is 32.6 Å². The molecule has 0 bridgehead atoms. The molecule has 1 aromatic carbocycles. The molecular formula is C12H8ClF6NO. The number of halogens is 7. The maximum Gasteiger partial charge on any atom is 0.438 e. The lowest BCUT2D eigenvalue weighted by Gasteiger charge is -2.30. The quantitative estimate of drug-likeness (QED) is 0.776. The van der Waals surface area contributed by atoms with Gasteiger partial charge in [-0.1, -0.05) is 23.7 Å². The van der Waals surface area contributed by atoms with Gasteiger partial charge >= 0.3 is 12.4 Å². The Morgan fingerprint density at radius 2 is 1.62 bits per heavy atom. The summed E-state index contributed by atoms with van der Waals surface area (Å²) in [5.41, 5.74) is -4.58. The Balaban J connectivity index is 2.47. The number of aliphatic imine (C=N–C) groups is 1. The number of aliphatic hydroxyl groups is 1. The molecule has 0 aromatic heterocycles. The summed E-state index contributed by atoms with van der Waals surface area (Å²) in [6, 6.07) is 5.12. The van der Waals surface area contributed by atoms with Gasteiger partial charge in [0.25, 0.3) is 5.72 Å². The predicted molar refractivity (Wildman–Crippen MR) is 63.2 cm³/mol. The van der Waals surface area contributed by atoms with Crippen molar-refractivity contribution in [2.45, 2.75) is 24.5 Å². The number of rotatable bonds is 1. The molecule has 21 heavy (non-hydrogen) atoms. The Hall–Kier alpha value is -1.28. The van der Waals surface area contributed by atoms with Crippen molar-refractivity contribution in [3.8, 4) is 0 Å². The van der Waals surface area contributed by atoms with Gasteiger partial charge in [0.1, 0.15) is 5.92 Å². The summed E-state index contributed by atoms with van der Waals surface area (Å²) >= 11 is 5.60. The van der Waals surface area contributed by atoms with E-state index < -0.39 is 36.1 Å². The second kappa shape index (κ2) is 4.88. The van der Waals surface area contributed by atoms with Crippen molar-refractivity contribution in [2.75, 3.05) is 0 Å². The van der Waals surface area contributed by atoms with Crippen molar-refractivity contribution in [1.82, 2.24) is 0 Å². The Labute approximate surface area is 120 Å².